The first-order valence-corrected chi connectivity index (χ1v) is 7.23. The van der Waals surface area contributed by atoms with Crippen molar-refractivity contribution < 1.29 is 0 Å². The van der Waals surface area contributed by atoms with Crippen molar-refractivity contribution in [3.05, 3.63) is 40.4 Å². The fourth-order valence-electron chi connectivity index (χ4n) is 2.14. The Kier molecular flexibility index (Phi) is 4.25. The number of nitrogens with zero attached hydrogens (tertiary/aromatic N) is 3. The molecule has 0 atom stereocenters. The van der Waals surface area contributed by atoms with Crippen LogP contribution in [0.3, 0.4) is 0 Å². The van der Waals surface area contributed by atoms with Crippen LogP contribution in [-0.4, -0.2) is 19.9 Å². The van der Waals surface area contributed by atoms with Crippen LogP contribution in [0.2, 0.25) is 5.15 Å². The molecular weight excluding hydrogens is 272 g/mol. The molecule has 2 heterocycles. The summed E-state index contributed by atoms with van der Waals surface area (Å²) in [6.45, 7) is 10.1. The summed E-state index contributed by atoms with van der Waals surface area (Å²) in [5.74, 6) is 0. The van der Waals surface area contributed by atoms with Gasteiger partial charge in [-0.1, -0.05) is 11.6 Å². The van der Waals surface area contributed by atoms with Gasteiger partial charge in [-0.05, 0) is 39.8 Å². The van der Waals surface area contributed by atoms with Gasteiger partial charge in [0.05, 0.1) is 12.2 Å². The normalized spacial score (nSPS) is 12.1. The molecule has 0 spiro atoms. The minimum absolute atomic E-state index is 0.108. The predicted molar refractivity (Wildman–Crippen MR) is 83.1 cm³/mol. The standard InChI is InChI=1S/C15H23ClN4/c1-11-13(14(16)19(5)18-11)10-20-8-6-7-12(20)9-17-15(2,3)4/h6-8,17H,9-10H2,1-5H3. The first-order valence-electron chi connectivity index (χ1n) is 6.85. The molecule has 0 aliphatic heterocycles. The Balaban J connectivity index is 2.16. The van der Waals surface area contributed by atoms with E-state index in [1.54, 1.807) is 4.68 Å². The molecule has 0 radical (unpaired) electrons. The number of aryl methyl sites for hydroxylation is 2. The molecular formula is C15H23ClN4. The Morgan fingerprint density at radius 1 is 1.35 bits per heavy atom. The summed E-state index contributed by atoms with van der Waals surface area (Å²) in [6, 6.07) is 4.21. The minimum Gasteiger partial charge on any atom is -0.346 e. The van der Waals surface area contributed by atoms with E-state index in [0.29, 0.717) is 5.15 Å². The second-order valence-corrected chi connectivity index (χ2v) is 6.57. The summed E-state index contributed by atoms with van der Waals surface area (Å²) >= 11 is 6.30. The van der Waals surface area contributed by atoms with Crippen LogP contribution in [0.1, 0.15) is 37.7 Å². The lowest BCUT2D eigenvalue weighted by molar-refractivity contribution is 0.417. The quantitative estimate of drug-likeness (QED) is 0.940. The first kappa shape index (κ1) is 15.1. The number of aromatic nitrogens is 3. The molecule has 0 bridgehead atoms. The second kappa shape index (κ2) is 5.62. The molecule has 110 valence electrons. The zero-order chi connectivity index (χ0) is 14.9. The van der Waals surface area contributed by atoms with Gasteiger partial charge in [0.25, 0.3) is 0 Å². The van der Waals surface area contributed by atoms with Crippen LogP contribution in [0.4, 0.5) is 0 Å². The Bertz CT molecular complexity index is 590. The van der Waals surface area contributed by atoms with Crippen molar-refractivity contribution >= 4 is 11.6 Å². The number of hydrogen-bond acceptors (Lipinski definition) is 2. The average Bonchev–Trinajstić information content (AvgIpc) is 2.87. The molecule has 0 saturated carbocycles. The lowest BCUT2D eigenvalue weighted by Crippen LogP contribution is -2.35. The third-order valence-electron chi connectivity index (χ3n) is 3.32. The van der Waals surface area contributed by atoms with E-state index in [0.717, 1.165) is 24.3 Å². The van der Waals surface area contributed by atoms with Gasteiger partial charge in [-0.25, -0.2) is 0 Å². The van der Waals surface area contributed by atoms with E-state index >= 15 is 0 Å². The van der Waals surface area contributed by atoms with Gasteiger partial charge < -0.3 is 9.88 Å². The highest BCUT2D eigenvalue weighted by atomic mass is 35.5. The smallest absolute Gasteiger partial charge is 0.131 e. The van der Waals surface area contributed by atoms with Gasteiger partial charge in [0.2, 0.25) is 0 Å². The van der Waals surface area contributed by atoms with E-state index in [-0.39, 0.29) is 5.54 Å². The van der Waals surface area contributed by atoms with Gasteiger partial charge in [-0.3, -0.25) is 4.68 Å². The van der Waals surface area contributed by atoms with Gasteiger partial charge in [0.15, 0.2) is 0 Å². The van der Waals surface area contributed by atoms with E-state index in [1.807, 2.05) is 14.0 Å². The molecule has 0 fully saturated rings. The fraction of sp³-hybridized carbons (Fsp3) is 0.533. The third kappa shape index (κ3) is 3.44. The molecule has 0 saturated heterocycles. The second-order valence-electron chi connectivity index (χ2n) is 6.21. The number of nitrogens with one attached hydrogen (secondary N) is 1. The number of rotatable bonds is 4. The van der Waals surface area contributed by atoms with Crippen molar-refractivity contribution in [2.75, 3.05) is 0 Å². The molecule has 2 aromatic heterocycles. The summed E-state index contributed by atoms with van der Waals surface area (Å²) in [6.07, 6.45) is 2.09. The SMILES string of the molecule is Cc1nn(C)c(Cl)c1Cn1cccc1CNC(C)(C)C. The molecule has 20 heavy (non-hydrogen) atoms. The predicted octanol–water partition coefficient (Wildman–Crippen LogP) is 3.12. The minimum atomic E-state index is 0.108. The van der Waals surface area contributed by atoms with Crippen LogP contribution >= 0.6 is 11.6 Å². The number of halogens is 1. The fourth-order valence-corrected chi connectivity index (χ4v) is 2.38. The molecule has 0 aromatic carbocycles. The highest BCUT2D eigenvalue weighted by molar-refractivity contribution is 6.30. The van der Waals surface area contributed by atoms with E-state index in [1.165, 1.54) is 5.69 Å². The van der Waals surface area contributed by atoms with E-state index in [4.69, 9.17) is 11.6 Å². The number of hydrogen-bond donors (Lipinski definition) is 1. The van der Waals surface area contributed by atoms with E-state index in [9.17, 15) is 0 Å². The van der Waals surface area contributed by atoms with Crippen molar-refractivity contribution in [1.82, 2.24) is 19.7 Å². The zero-order valence-electron chi connectivity index (χ0n) is 12.9. The van der Waals surface area contributed by atoms with Crippen LogP contribution < -0.4 is 5.32 Å². The van der Waals surface area contributed by atoms with Crippen LogP contribution in [0, 0.1) is 6.92 Å². The average molecular weight is 295 g/mol. The maximum Gasteiger partial charge on any atom is 0.131 e. The highest BCUT2D eigenvalue weighted by Crippen LogP contribution is 2.20. The maximum atomic E-state index is 6.30. The van der Waals surface area contributed by atoms with Crippen molar-refractivity contribution in [1.29, 1.82) is 0 Å². The zero-order valence-corrected chi connectivity index (χ0v) is 13.6. The van der Waals surface area contributed by atoms with E-state index < -0.39 is 0 Å². The van der Waals surface area contributed by atoms with Crippen LogP contribution in [0.25, 0.3) is 0 Å². The van der Waals surface area contributed by atoms with Gasteiger partial charge in [-0.15, -0.1) is 0 Å². The van der Waals surface area contributed by atoms with Crippen molar-refractivity contribution in [3.8, 4) is 0 Å². The Morgan fingerprint density at radius 2 is 2.05 bits per heavy atom. The molecule has 0 unspecified atom stereocenters. The maximum absolute atomic E-state index is 6.30. The van der Waals surface area contributed by atoms with Gasteiger partial charge in [0.1, 0.15) is 5.15 Å². The molecule has 1 N–H and O–H groups in total. The molecule has 2 rings (SSSR count). The van der Waals surface area contributed by atoms with Crippen molar-refractivity contribution in [2.24, 2.45) is 7.05 Å². The van der Waals surface area contributed by atoms with E-state index in [2.05, 4.69) is 54.1 Å². The largest absolute Gasteiger partial charge is 0.346 e. The van der Waals surface area contributed by atoms with Gasteiger partial charge >= 0.3 is 0 Å². The summed E-state index contributed by atoms with van der Waals surface area (Å²) < 4.78 is 3.94. The van der Waals surface area contributed by atoms with Crippen LogP contribution in [0.15, 0.2) is 18.3 Å². The van der Waals surface area contributed by atoms with Crippen LogP contribution in [-0.2, 0) is 20.1 Å². The Labute approximate surface area is 125 Å². The van der Waals surface area contributed by atoms with Crippen molar-refractivity contribution in [2.45, 2.75) is 46.3 Å². The molecule has 2 aromatic rings. The summed E-state index contributed by atoms with van der Waals surface area (Å²) in [4.78, 5) is 0. The van der Waals surface area contributed by atoms with Gasteiger partial charge in [0, 0.05) is 36.6 Å². The summed E-state index contributed by atoms with van der Waals surface area (Å²) in [7, 11) is 1.87. The summed E-state index contributed by atoms with van der Waals surface area (Å²) in [5.41, 5.74) is 3.43. The lowest BCUT2D eigenvalue weighted by atomic mass is 10.1. The van der Waals surface area contributed by atoms with Crippen LogP contribution in [0.5, 0.6) is 0 Å². The first-order chi connectivity index (χ1) is 9.28. The monoisotopic (exact) mass is 294 g/mol. The molecule has 0 aliphatic carbocycles. The molecule has 0 amide bonds. The van der Waals surface area contributed by atoms with Gasteiger partial charge in [-0.2, -0.15) is 5.10 Å². The van der Waals surface area contributed by atoms with Crippen molar-refractivity contribution in [3.63, 3.8) is 0 Å². The third-order valence-corrected chi connectivity index (χ3v) is 3.79. The Hall–Kier alpha value is -1.26. The Morgan fingerprint density at radius 3 is 2.60 bits per heavy atom. The topological polar surface area (TPSA) is 34.8 Å². The lowest BCUT2D eigenvalue weighted by Gasteiger charge is -2.21. The molecule has 5 heteroatoms. The molecule has 0 aliphatic rings. The molecule has 4 nitrogen and oxygen atoms in total. The summed E-state index contributed by atoms with van der Waals surface area (Å²) in [5, 5.41) is 8.59. The highest BCUT2D eigenvalue weighted by Gasteiger charge is 2.14.